The second-order valence-corrected chi connectivity index (χ2v) is 7.33. The summed E-state index contributed by atoms with van der Waals surface area (Å²) in [6.07, 6.45) is 2.56. The Morgan fingerprint density at radius 2 is 2.00 bits per heavy atom. The maximum absolute atomic E-state index is 11.8. The van der Waals surface area contributed by atoms with Crippen molar-refractivity contribution in [2.45, 2.75) is 45.3 Å². The molecule has 1 heterocycles. The summed E-state index contributed by atoms with van der Waals surface area (Å²) < 4.78 is 5.76. The van der Waals surface area contributed by atoms with Gasteiger partial charge >= 0.3 is 6.03 Å². The molecule has 2 aromatic carbocycles. The number of amides is 2. The van der Waals surface area contributed by atoms with Crippen LogP contribution in [0.1, 0.15) is 43.7 Å². The van der Waals surface area contributed by atoms with E-state index in [-0.39, 0.29) is 12.1 Å². The normalized spacial score (nSPS) is 15.4. The molecular weight excluding hydrogens is 340 g/mol. The highest BCUT2D eigenvalue weighted by Crippen LogP contribution is 2.40. The predicted octanol–water partition coefficient (Wildman–Crippen LogP) is 4.72. The molecule has 1 aliphatic heterocycles. The fourth-order valence-electron chi connectivity index (χ4n) is 3.08. The number of ether oxygens (including phenoxy) is 1. The number of hydrogen-bond acceptors (Lipinski definition) is 4. The molecule has 0 aromatic heterocycles. The number of amidine groups is 1. The van der Waals surface area contributed by atoms with Gasteiger partial charge in [0, 0.05) is 23.0 Å². The number of urea groups is 1. The van der Waals surface area contributed by atoms with Gasteiger partial charge in [-0.15, -0.1) is 0 Å². The highest BCUT2D eigenvalue weighted by atomic mass is 16.5. The molecule has 2 aromatic rings. The fraction of sp³-hybridized carbons (Fsp3) is 0.333. The third kappa shape index (κ3) is 4.39. The summed E-state index contributed by atoms with van der Waals surface area (Å²) in [5, 5.41) is 8.89. The first-order valence-corrected chi connectivity index (χ1v) is 9.36. The molecule has 1 saturated carbocycles. The zero-order valence-corrected chi connectivity index (χ0v) is 15.6. The van der Waals surface area contributed by atoms with Gasteiger partial charge in [0.2, 0.25) is 0 Å². The molecule has 0 radical (unpaired) electrons. The van der Waals surface area contributed by atoms with Crippen molar-refractivity contribution >= 4 is 29.1 Å². The van der Waals surface area contributed by atoms with Gasteiger partial charge in [0.1, 0.15) is 6.61 Å². The standard InChI is InChI=1S/C21H24N4O2/c1-13(2)22-20(26)23-18-8-9-19-16(11-18)12-27-21(25-19)24-17-5-3-4-15(10-17)14-6-7-14/h3-5,8-11,13-14H,6-7,12H2,1-2H3,(H,24,25)(H2,22,23,26). The van der Waals surface area contributed by atoms with E-state index in [1.165, 1.54) is 18.4 Å². The number of rotatable bonds is 4. The van der Waals surface area contributed by atoms with E-state index in [0.29, 0.717) is 18.5 Å². The minimum Gasteiger partial charge on any atom is -0.460 e. The van der Waals surface area contributed by atoms with Gasteiger partial charge in [-0.2, -0.15) is 4.99 Å². The van der Waals surface area contributed by atoms with E-state index in [4.69, 9.17) is 4.74 Å². The SMILES string of the molecule is CC(C)NC(=O)Nc1ccc2c(c1)COC(Nc1cccc(C3CC3)c1)=N2. The zero-order valence-electron chi connectivity index (χ0n) is 15.6. The van der Waals surface area contributed by atoms with Crippen LogP contribution in [0.3, 0.4) is 0 Å². The van der Waals surface area contributed by atoms with Crippen molar-refractivity contribution in [1.82, 2.24) is 5.32 Å². The van der Waals surface area contributed by atoms with Crippen molar-refractivity contribution in [1.29, 1.82) is 0 Å². The summed E-state index contributed by atoms with van der Waals surface area (Å²) in [7, 11) is 0. The van der Waals surface area contributed by atoms with Gasteiger partial charge in [0.05, 0.1) is 5.69 Å². The van der Waals surface area contributed by atoms with Gasteiger partial charge in [-0.25, -0.2) is 4.79 Å². The second kappa shape index (κ2) is 7.31. The van der Waals surface area contributed by atoms with Crippen molar-refractivity contribution in [2.75, 3.05) is 10.6 Å². The van der Waals surface area contributed by atoms with E-state index in [1.807, 2.05) is 38.1 Å². The molecule has 2 amide bonds. The van der Waals surface area contributed by atoms with Crippen LogP contribution in [0, 0.1) is 0 Å². The summed E-state index contributed by atoms with van der Waals surface area (Å²) in [5.74, 6) is 0.709. The average Bonchev–Trinajstić information content (AvgIpc) is 3.46. The van der Waals surface area contributed by atoms with Gasteiger partial charge in [0.15, 0.2) is 0 Å². The van der Waals surface area contributed by atoms with Crippen LogP contribution in [-0.4, -0.2) is 18.1 Å². The molecule has 4 rings (SSSR count). The highest BCUT2D eigenvalue weighted by molar-refractivity contribution is 5.93. The minimum atomic E-state index is -0.219. The predicted molar refractivity (Wildman–Crippen MR) is 108 cm³/mol. The fourth-order valence-corrected chi connectivity index (χ4v) is 3.08. The van der Waals surface area contributed by atoms with Crippen LogP contribution in [-0.2, 0) is 11.3 Å². The molecule has 1 aliphatic carbocycles. The lowest BCUT2D eigenvalue weighted by molar-refractivity contribution is 0.250. The summed E-state index contributed by atoms with van der Waals surface area (Å²) in [6.45, 7) is 4.25. The Kier molecular flexibility index (Phi) is 4.71. The highest BCUT2D eigenvalue weighted by Gasteiger charge is 2.23. The molecule has 0 saturated heterocycles. The first kappa shape index (κ1) is 17.4. The number of nitrogens with one attached hydrogen (secondary N) is 3. The number of carbonyl (C=O) groups is 1. The Labute approximate surface area is 159 Å². The van der Waals surface area contributed by atoms with Crippen LogP contribution < -0.4 is 16.0 Å². The second-order valence-electron chi connectivity index (χ2n) is 7.33. The van der Waals surface area contributed by atoms with Crippen molar-refractivity contribution in [3.8, 4) is 0 Å². The van der Waals surface area contributed by atoms with Crippen LogP contribution in [0.4, 0.5) is 21.9 Å². The van der Waals surface area contributed by atoms with Gasteiger partial charge in [-0.3, -0.25) is 0 Å². The number of fused-ring (bicyclic) bond motifs is 1. The van der Waals surface area contributed by atoms with Crippen molar-refractivity contribution < 1.29 is 9.53 Å². The van der Waals surface area contributed by atoms with Crippen LogP contribution in [0.15, 0.2) is 47.5 Å². The third-order valence-electron chi connectivity index (χ3n) is 4.53. The van der Waals surface area contributed by atoms with E-state index in [9.17, 15) is 4.79 Å². The lowest BCUT2D eigenvalue weighted by Crippen LogP contribution is -2.34. The Balaban J connectivity index is 1.45. The number of aliphatic imine (C=N–C) groups is 1. The lowest BCUT2D eigenvalue weighted by atomic mass is 10.1. The molecule has 140 valence electrons. The smallest absolute Gasteiger partial charge is 0.319 e. The van der Waals surface area contributed by atoms with Gasteiger partial charge in [-0.05, 0) is 68.5 Å². The summed E-state index contributed by atoms with van der Waals surface area (Å²) in [6, 6.07) is 14.4. The van der Waals surface area contributed by atoms with Crippen LogP contribution >= 0.6 is 0 Å². The molecule has 27 heavy (non-hydrogen) atoms. The van der Waals surface area contributed by atoms with E-state index in [1.54, 1.807) is 0 Å². The van der Waals surface area contributed by atoms with E-state index in [2.05, 4.69) is 39.1 Å². The van der Waals surface area contributed by atoms with Crippen LogP contribution in [0.2, 0.25) is 0 Å². The molecule has 6 nitrogen and oxygen atoms in total. The maximum atomic E-state index is 11.8. The minimum absolute atomic E-state index is 0.0858. The monoisotopic (exact) mass is 364 g/mol. The molecule has 6 heteroatoms. The average molecular weight is 364 g/mol. The number of anilines is 2. The first-order valence-electron chi connectivity index (χ1n) is 9.36. The van der Waals surface area contributed by atoms with Gasteiger partial charge < -0.3 is 20.7 Å². The summed E-state index contributed by atoms with van der Waals surface area (Å²) >= 11 is 0. The maximum Gasteiger partial charge on any atom is 0.319 e. The molecule has 0 unspecified atom stereocenters. The topological polar surface area (TPSA) is 74.8 Å². The van der Waals surface area contributed by atoms with Crippen molar-refractivity contribution in [3.63, 3.8) is 0 Å². The van der Waals surface area contributed by atoms with Crippen LogP contribution in [0.5, 0.6) is 0 Å². The molecule has 0 spiro atoms. The number of nitrogens with zero attached hydrogens (tertiary/aromatic N) is 1. The quantitative estimate of drug-likeness (QED) is 0.734. The summed E-state index contributed by atoms with van der Waals surface area (Å²) in [5.41, 5.74) is 4.86. The van der Waals surface area contributed by atoms with E-state index in [0.717, 1.165) is 22.6 Å². The molecule has 1 fully saturated rings. The van der Waals surface area contributed by atoms with Crippen molar-refractivity contribution in [3.05, 3.63) is 53.6 Å². The lowest BCUT2D eigenvalue weighted by Gasteiger charge is -2.19. The number of benzene rings is 2. The third-order valence-corrected chi connectivity index (χ3v) is 4.53. The number of carbonyl (C=O) groups excluding carboxylic acids is 1. The first-order chi connectivity index (χ1) is 13.1. The Morgan fingerprint density at radius 3 is 2.78 bits per heavy atom. The molecule has 3 N–H and O–H groups in total. The number of hydrogen-bond donors (Lipinski definition) is 3. The largest absolute Gasteiger partial charge is 0.460 e. The summed E-state index contributed by atoms with van der Waals surface area (Å²) in [4.78, 5) is 16.4. The van der Waals surface area contributed by atoms with E-state index >= 15 is 0 Å². The van der Waals surface area contributed by atoms with Gasteiger partial charge in [0.25, 0.3) is 6.02 Å². The molecule has 0 atom stereocenters. The zero-order chi connectivity index (χ0) is 18.8. The Morgan fingerprint density at radius 1 is 1.15 bits per heavy atom. The molecular formula is C21H24N4O2. The van der Waals surface area contributed by atoms with Crippen LogP contribution in [0.25, 0.3) is 0 Å². The Hall–Kier alpha value is -3.02. The molecule has 0 bridgehead atoms. The van der Waals surface area contributed by atoms with Crippen molar-refractivity contribution in [2.24, 2.45) is 4.99 Å². The Bertz CT molecular complexity index is 888. The van der Waals surface area contributed by atoms with E-state index < -0.39 is 0 Å². The molecule has 2 aliphatic rings. The van der Waals surface area contributed by atoms with Gasteiger partial charge in [-0.1, -0.05) is 12.1 Å².